The van der Waals surface area contributed by atoms with Crippen LogP contribution in [0.2, 0.25) is 10.0 Å². The highest BCUT2D eigenvalue weighted by Gasteiger charge is 2.34. The van der Waals surface area contributed by atoms with Crippen molar-refractivity contribution in [3.8, 4) is 0 Å². The molecular formula is C29H33Cl2N3O4S. The van der Waals surface area contributed by atoms with Gasteiger partial charge in [0.25, 0.3) is 10.0 Å². The van der Waals surface area contributed by atoms with Crippen molar-refractivity contribution in [2.75, 3.05) is 10.8 Å². The third-order valence-corrected chi connectivity index (χ3v) is 8.13. The molecule has 2 amide bonds. The maximum absolute atomic E-state index is 14.0. The minimum atomic E-state index is -4.15. The number of halogens is 2. The number of hydrogen-bond acceptors (Lipinski definition) is 4. The summed E-state index contributed by atoms with van der Waals surface area (Å²) in [5, 5.41) is 3.80. The normalized spacial score (nSPS) is 12.5. The average Bonchev–Trinajstić information content (AvgIpc) is 2.87. The van der Waals surface area contributed by atoms with Crippen molar-refractivity contribution >= 4 is 50.7 Å². The maximum atomic E-state index is 14.0. The zero-order chi connectivity index (χ0) is 28.8. The molecule has 3 aromatic rings. The summed E-state index contributed by atoms with van der Waals surface area (Å²) in [6.07, 6.45) is 0.323. The predicted octanol–water partition coefficient (Wildman–Crippen LogP) is 5.91. The summed E-state index contributed by atoms with van der Waals surface area (Å²) in [5.74, 6) is -0.868. The van der Waals surface area contributed by atoms with Crippen LogP contribution in [-0.4, -0.2) is 43.3 Å². The van der Waals surface area contributed by atoms with Gasteiger partial charge in [-0.05, 0) is 75.2 Å². The quantitative estimate of drug-likeness (QED) is 0.318. The van der Waals surface area contributed by atoms with Crippen LogP contribution in [0, 0.1) is 0 Å². The van der Waals surface area contributed by atoms with Crippen LogP contribution in [0.3, 0.4) is 0 Å². The number of nitrogens with one attached hydrogen (secondary N) is 1. The third-order valence-electron chi connectivity index (χ3n) is 5.86. The van der Waals surface area contributed by atoms with Gasteiger partial charge in [0, 0.05) is 22.1 Å². The first-order chi connectivity index (χ1) is 18.3. The third kappa shape index (κ3) is 8.21. The average molecular weight is 591 g/mol. The molecule has 3 aromatic carbocycles. The molecule has 7 nitrogen and oxygen atoms in total. The largest absolute Gasteiger partial charge is 0.350 e. The molecular weight excluding hydrogens is 557 g/mol. The lowest BCUT2D eigenvalue weighted by Gasteiger charge is -2.34. The molecule has 1 N–H and O–H groups in total. The number of sulfonamides is 1. The molecule has 0 saturated carbocycles. The van der Waals surface area contributed by atoms with Gasteiger partial charge in [-0.1, -0.05) is 66.5 Å². The monoisotopic (exact) mass is 589 g/mol. The smallest absolute Gasteiger partial charge is 0.264 e. The number of rotatable bonds is 10. The van der Waals surface area contributed by atoms with E-state index < -0.39 is 34.1 Å². The summed E-state index contributed by atoms with van der Waals surface area (Å²) in [5.41, 5.74) is 0.455. The second-order valence-corrected chi connectivity index (χ2v) is 12.9. The van der Waals surface area contributed by atoms with Crippen molar-refractivity contribution in [2.45, 2.75) is 57.1 Å². The molecule has 0 saturated heterocycles. The van der Waals surface area contributed by atoms with Crippen molar-refractivity contribution in [3.05, 3.63) is 94.5 Å². The van der Waals surface area contributed by atoms with Crippen LogP contribution in [0.5, 0.6) is 0 Å². The first kappa shape index (κ1) is 30.5. The van der Waals surface area contributed by atoms with Crippen LogP contribution in [0.15, 0.2) is 83.8 Å². The van der Waals surface area contributed by atoms with Crippen LogP contribution in [-0.2, 0) is 26.2 Å². The molecule has 39 heavy (non-hydrogen) atoms. The van der Waals surface area contributed by atoms with E-state index in [2.05, 4.69) is 5.32 Å². The number of anilines is 1. The standard InChI is InChI=1S/C29H33Cl2N3O4S/c1-5-26(28(36)32-29(2,3)4)33(19-21-14-16-22(30)17-15-21)27(35)20-34(24-11-9-10-23(31)18-24)39(37,38)25-12-7-6-8-13-25/h6-18,26H,5,19-20H2,1-4H3,(H,32,36). The second-order valence-electron chi connectivity index (χ2n) is 10.1. The Morgan fingerprint density at radius 3 is 2.10 bits per heavy atom. The van der Waals surface area contributed by atoms with Crippen LogP contribution in [0.25, 0.3) is 0 Å². The van der Waals surface area contributed by atoms with Gasteiger partial charge in [0.1, 0.15) is 12.6 Å². The number of nitrogens with zero attached hydrogens (tertiary/aromatic N) is 2. The maximum Gasteiger partial charge on any atom is 0.264 e. The first-order valence-electron chi connectivity index (χ1n) is 12.5. The minimum Gasteiger partial charge on any atom is -0.350 e. The molecule has 0 spiro atoms. The van der Waals surface area contributed by atoms with Crippen molar-refractivity contribution < 1.29 is 18.0 Å². The topological polar surface area (TPSA) is 86.8 Å². The van der Waals surface area contributed by atoms with Gasteiger partial charge in [-0.3, -0.25) is 13.9 Å². The van der Waals surface area contributed by atoms with E-state index in [1.54, 1.807) is 60.7 Å². The van der Waals surface area contributed by atoms with Gasteiger partial charge in [-0.25, -0.2) is 8.42 Å². The van der Waals surface area contributed by atoms with Gasteiger partial charge in [0.05, 0.1) is 10.6 Å². The molecule has 0 radical (unpaired) electrons. The van der Waals surface area contributed by atoms with Crippen LogP contribution in [0.4, 0.5) is 5.69 Å². The highest BCUT2D eigenvalue weighted by atomic mass is 35.5. The predicted molar refractivity (Wildman–Crippen MR) is 156 cm³/mol. The van der Waals surface area contributed by atoms with Gasteiger partial charge in [0.2, 0.25) is 11.8 Å². The number of carbonyl (C=O) groups is 2. The van der Waals surface area contributed by atoms with Crippen LogP contribution >= 0.6 is 23.2 Å². The van der Waals surface area contributed by atoms with Crippen molar-refractivity contribution in [3.63, 3.8) is 0 Å². The Morgan fingerprint density at radius 2 is 1.54 bits per heavy atom. The molecule has 0 aliphatic rings. The minimum absolute atomic E-state index is 0.0274. The highest BCUT2D eigenvalue weighted by Crippen LogP contribution is 2.27. The SMILES string of the molecule is CCC(C(=O)NC(C)(C)C)N(Cc1ccc(Cl)cc1)C(=O)CN(c1cccc(Cl)c1)S(=O)(=O)c1ccccc1. The highest BCUT2D eigenvalue weighted by molar-refractivity contribution is 7.92. The van der Waals surface area contributed by atoms with Crippen molar-refractivity contribution in [1.82, 2.24) is 10.2 Å². The van der Waals surface area contributed by atoms with E-state index >= 15 is 0 Å². The Hall–Kier alpha value is -3.07. The van der Waals surface area contributed by atoms with Crippen LogP contribution in [0.1, 0.15) is 39.7 Å². The Morgan fingerprint density at radius 1 is 0.897 bits per heavy atom. The Balaban J connectivity index is 2.06. The van der Waals surface area contributed by atoms with Crippen LogP contribution < -0.4 is 9.62 Å². The lowest BCUT2D eigenvalue weighted by Crippen LogP contribution is -2.55. The van der Waals surface area contributed by atoms with Gasteiger partial charge in [-0.15, -0.1) is 0 Å². The Kier molecular flexibility index (Phi) is 10.0. The van der Waals surface area contributed by atoms with E-state index in [4.69, 9.17) is 23.2 Å². The number of hydrogen-bond donors (Lipinski definition) is 1. The van der Waals surface area contributed by atoms with E-state index in [0.717, 1.165) is 9.87 Å². The Labute approximate surface area is 240 Å². The van der Waals surface area contributed by atoms with Crippen molar-refractivity contribution in [2.24, 2.45) is 0 Å². The van der Waals surface area contributed by atoms with Gasteiger partial charge >= 0.3 is 0 Å². The summed E-state index contributed by atoms with van der Waals surface area (Å²) >= 11 is 12.3. The molecule has 10 heteroatoms. The molecule has 0 aromatic heterocycles. The van der Waals surface area contributed by atoms with Gasteiger partial charge in [-0.2, -0.15) is 0 Å². The Bertz CT molecular complexity index is 1390. The fourth-order valence-corrected chi connectivity index (χ4v) is 5.78. The fourth-order valence-electron chi connectivity index (χ4n) is 4.04. The zero-order valence-electron chi connectivity index (χ0n) is 22.4. The van der Waals surface area contributed by atoms with E-state index in [-0.39, 0.29) is 23.0 Å². The molecule has 0 heterocycles. The van der Waals surface area contributed by atoms with E-state index in [9.17, 15) is 18.0 Å². The second kappa shape index (κ2) is 12.9. The summed E-state index contributed by atoms with van der Waals surface area (Å²) in [6, 6.07) is 20.3. The number of benzene rings is 3. The number of amides is 2. The van der Waals surface area contributed by atoms with Gasteiger partial charge in [0.15, 0.2) is 0 Å². The summed E-state index contributed by atoms with van der Waals surface area (Å²) < 4.78 is 28.6. The molecule has 3 rings (SSSR count). The molecule has 0 aliphatic carbocycles. The molecule has 0 aliphatic heterocycles. The summed E-state index contributed by atoms with van der Waals surface area (Å²) in [7, 11) is -4.15. The zero-order valence-corrected chi connectivity index (χ0v) is 24.7. The summed E-state index contributed by atoms with van der Waals surface area (Å²) in [4.78, 5) is 28.8. The van der Waals surface area contributed by atoms with E-state index in [1.165, 1.54) is 23.1 Å². The molecule has 0 bridgehead atoms. The van der Waals surface area contributed by atoms with Crippen molar-refractivity contribution in [1.29, 1.82) is 0 Å². The lowest BCUT2D eigenvalue weighted by molar-refractivity contribution is -0.141. The molecule has 1 atom stereocenters. The van der Waals surface area contributed by atoms with E-state index in [0.29, 0.717) is 16.5 Å². The number of carbonyl (C=O) groups excluding carboxylic acids is 2. The molecule has 1 unspecified atom stereocenters. The molecule has 0 fully saturated rings. The van der Waals surface area contributed by atoms with E-state index in [1.807, 2.05) is 27.7 Å². The first-order valence-corrected chi connectivity index (χ1v) is 14.7. The summed E-state index contributed by atoms with van der Waals surface area (Å²) in [6.45, 7) is 6.93. The molecule has 208 valence electrons. The fraction of sp³-hybridized carbons (Fsp3) is 0.310. The van der Waals surface area contributed by atoms with Gasteiger partial charge < -0.3 is 10.2 Å². The lowest BCUT2D eigenvalue weighted by atomic mass is 10.1.